The van der Waals surface area contributed by atoms with Gasteiger partial charge in [0.05, 0.1) is 13.2 Å². The van der Waals surface area contributed by atoms with Crippen molar-refractivity contribution in [1.29, 1.82) is 0 Å². The summed E-state index contributed by atoms with van der Waals surface area (Å²) >= 11 is 0. The fourth-order valence-corrected chi connectivity index (χ4v) is 1.48. The molecule has 0 aromatic heterocycles. The van der Waals surface area contributed by atoms with E-state index in [0.717, 1.165) is 0 Å². The van der Waals surface area contributed by atoms with Crippen LogP contribution in [0.1, 0.15) is 13.8 Å². The summed E-state index contributed by atoms with van der Waals surface area (Å²) in [6, 6.07) is 0. The van der Waals surface area contributed by atoms with E-state index in [4.69, 9.17) is 9.47 Å². The van der Waals surface area contributed by atoms with E-state index >= 15 is 0 Å². The Morgan fingerprint density at radius 2 is 1.46 bits per heavy atom. The zero-order chi connectivity index (χ0) is 9.90. The zero-order valence-corrected chi connectivity index (χ0v) is 8.17. The van der Waals surface area contributed by atoms with Crippen LogP contribution < -0.4 is 0 Å². The molecular weight excluding hydrogens is 196 g/mol. The maximum atomic E-state index is 10.9. The molecule has 0 atom stereocenters. The molecule has 1 aliphatic heterocycles. The van der Waals surface area contributed by atoms with E-state index in [1.807, 2.05) is 0 Å². The van der Waals surface area contributed by atoms with Gasteiger partial charge >= 0.3 is 0 Å². The fraction of sp³-hybridized carbons (Fsp3) is 0.667. The quantitative estimate of drug-likeness (QED) is 0.667. The van der Waals surface area contributed by atoms with Gasteiger partial charge in [0.15, 0.2) is 0 Å². The van der Waals surface area contributed by atoms with Gasteiger partial charge in [-0.15, -0.1) is 0 Å². The van der Waals surface area contributed by atoms with Crippen molar-refractivity contribution in [3.63, 3.8) is 0 Å². The molecule has 0 aromatic rings. The largest absolute Gasteiger partial charge is 0.763 e. The summed E-state index contributed by atoms with van der Waals surface area (Å²) in [5.74, 6) is -0.131. The molecule has 0 saturated heterocycles. The first-order valence-corrected chi connectivity index (χ1v) is 5.19. The maximum Gasteiger partial charge on any atom is 0.291 e. The predicted octanol–water partition coefficient (Wildman–Crippen LogP) is 0.765. The molecule has 0 fully saturated rings. The van der Waals surface area contributed by atoms with Crippen LogP contribution in [0.2, 0.25) is 0 Å². The summed E-state index contributed by atoms with van der Waals surface area (Å²) in [4.78, 5) is 0. The van der Waals surface area contributed by atoms with E-state index in [1.54, 1.807) is 13.8 Å². The van der Waals surface area contributed by atoms with Gasteiger partial charge in [-0.2, -0.15) is 8.80 Å². The van der Waals surface area contributed by atoms with Crippen molar-refractivity contribution in [3.8, 4) is 0 Å². The number of rotatable bonds is 2. The minimum absolute atomic E-state index is 0.0654. The van der Waals surface area contributed by atoms with Crippen LogP contribution >= 0.6 is 11.0 Å². The van der Waals surface area contributed by atoms with Crippen LogP contribution in [-0.2, 0) is 9.47 Å². The van der Waals surface area contributed by atoms with Crippen molar-refractivity contribution in [1.82, 2.24) is 0 Å². The van der Waals surface area contributed by atoms with Crippen molar-refractivity contribution >= 4 is 22.8 Å². The third-order valence-electron chi connectivity index (χ3n) is 1.14. The van der Waals surface area contributed by atoms with E-state index in [0.29, 0.717) is 13.2 Å². The number of hydrogen-bond acceptors (Lipinski definition) is 6. The van der Waals surface area contributed by atoms with Crippen molar-refractivity contribution in [2.24, 2.45) is 8.80 Å². The van der Waals surface area contributed by atoms with Crippen molar-refractivity contribution in [2.75, 3.05) is 13.2 Å². The molecule has 0 N–H and O–H groups in total. The zero-order valence-electron chi connectivity index (χ0n) is 7.35. The Balaban J connectivity index is 2.75. The molecule has 0 unspecified atom stereocenters. The Kier molecular flexibility index (Phi) is 3.12. The highest BCUT2D eigenvalue weighted by Crippen LogP contribution is 2.45. The lowest BCUT2D eigenvalue weighted by molar-refractivity contribution is 0.298. The molecule has 1 heterocycles. The third kappa shape index (κ3) is 2.58. The molecule has 7 heteroatoms. The highest BCUT2D eigenvalue weighted by molar-refractivity contribution is 8.22. The molecule has 1 aliphatic rings. The lowest BCUT2D eigenvalue weighted by Gasteiger charge is -2.45. The Morgan fingerprint density at radius 3 is 1.77 bits per heavy atom. The molecule has 0 aliphatic carbocycles. The highest BCUT2D eigenvalue weighted by Gasteiger charge is 2.19. The highest BCUT2D eigenvalue weighted by atomic mass is 32.3. The fourth-order valence-electron chi connectivity index (χ4n) is 0.758. The average molecular weight is 206 g/mol. The Hall–Kier alpha value is -0.790. The molecule has 0 aromatic carbocycles. The lowest BCUT2D eigenvalue weighted by atomic mass is 10.6. The Labute approximate surface area is 77.9 Å². The SMILES string of the molecule is CCOC1=NS([O-])([O-])N=C1OCC. The van der Waals surface area contributed by atoms with E-state index < -0.39 is 11.0 Å². The van der Waals surface area contributed by atoms with Gasteiger partial charge in [0.1, 0.15) is 0 Å². The first kappa shape index (κ1) is 10.3. The number of ether oxygens (including phenoxy) is 2. The van der Waals surface area contributed by atoms with Crippen molar-refractivity contribution in [2.45, 2.75) is 13.8 Å². The topological polar surface area (TPSA) is 89.3 Å². The molecule has 13 heavy (non-hydrogen) atoms. The predicted molar refractivity (Wildman–Crippen MR) is 47.3 cm³/mol. The molecule has 0 bridgehead atoms. The van der Waals surface area contributed by atoms with Crippen LogP contribution in [0.4, 0.5) is 0 Å². The molecule has 0 spiro atoms. The van der Waals surface area contributed by atoms with Crippen LogP contribution in [0.5, 0.6) is 0 Å². The molecule has 0 saturated carbocycles. The lowest BCUT2D eigenvalue weighted by Crippen LogP contribution is -2.17. The Bertz CT molecular complexity index is 227. The molecule has 1 rings (SSSR count). The van der Waals surface area contributed by atoms with E-state index in [2.05, 4.69) is 8.80 Å². The summed E-state index contributed by atoms with van der Waals surface area (Å²) in [6.45, 7) is 4.08. The summed E-state index contributed by atoms with van der Waals surface area (Å²) < 4.78 is 38.1. The second-order valence-electron chi connectivity index (χ2n) is 2.11. The van der Waals surface area contributed by atoms with Gasteiger partial charge in [-0.3, -0.25) is 0 Å². The van der Waals surface area contributed by atoms with Crippen LogP contribution in [0, 0.1) is 0 Å². The maximum absolute atomic E-state index is 10.9. The smallest absolute Gasteiger partial charge is 0.291 e. The molecule has 0 radical (unpaired) electrons. The van der Waals surface area contributed by atoms with Crippen molar-refractivity contribution in [3.05, 3.63) is 0 Å². The molecular formula is C6H10N2O4S-2. The summed E-state index contributed by atoms with van der Waals surface area (Å²) in [7, 11) is -3.76. The molecule has 6 nitrogen and oxygen atoms in total. The van der Waals surface area contributed by atoms with Gasteiger partial charge in [-0.1, -0.05) is 0 Å². The minimum atomic E-state index is -3.76. The van der Waals surface area contributed by atoms with E-state index in [1.165, 1.54) is 0 Å². The normalized spacial score (nSPS) is 21.8. The average Bonchev–Trinajstić information content (AvgIpc) is 2.28. The molecule has 0 amide bonds. The standard InChI is InChI=1S/C6H12N2O4S/c1-3-11-5-6(12-4-2)8-13(9,10)7-5/h9-10H,3-4H2,1-2H3/p-2. The first-order valence-electron chi connectivity index (χ1n) is 3.80. The minimum Gasteiger partial charge on any atom is -0.763 e. The summed E-state index contributed by atoms with van der Waals surface area (Å²) in [5, 5.41) is 0. The molecule has 76 valence electrons. The monoisotopic (exact) mass is 206 g/mol. The van der Waals surface area contributed by atoms with Crippen molar-refractivity contribution < 1.29 is 18.6 Å². The van der Waals surface area contributed by atoms with E-state index in [9.17, 15) is 9.11 Å². The van der Waals surface area contributed by atoms with Gasteiger partial charge in [0.25, 0.3) is 11.8 Å². The third-order valence-corrected chi connectivity index (χ3v) is 1.93. The Morgan fingerprint density at radius 1 is 1.08 bits per heavy atom. The van der Waals surface area contributed by atoms with Gasteiger partial charge < -0.3 is 29.5 Å². The van der Waals surface area contributed by atoms with E-state index in [-0.39, 0.29) is 11.8 Å². The summed E-state index contributed by atoms with van der Waals surface area (Å²) in [5.41, 5.74) is 0. The van der Waals surface area contributed by atoms with Gasteiger partial charge in [-0.25, -0.2) is 0 Å². The van der Waals surface area contributed by atoms with Crippen LogP contribution in [-0.4, -0.2) is 34.1 Å². The first-order chi connectivity index (χ1) is 6.09. The second-order valence-corrected chi connectivity index (χ2v) is 3.37. The van der Waals surface area contributed by atoms with Crippen LogP contribution in [0.25, 0.3) is 0 Å². The number of nitrogens with zero attached hydrogens (tertiary/aromatic N) is 2. The summed E-state index contributed by atoms with van der Waals surface area (Å²) in [6.07, 6.45) is 0. The second kappa shape index (κ2) is 3.95. The van der Waals surface area contributed by atoms with Gasteiger partial charge in [0, 0.05) is 0 Å². The van der Waals surface area contributed by atoms with Gasteiger partial charge in [-0.05, 0) is 13.8 Å². The van der Waals surface area contributed by atoms with Crippen LogP contribution in [0.3, 0.4) is 0 Å². The van der Waals surface area contributed by atoms with Gasteiger partial charge in [0.2, 0.25) is 0 Å². The number of hydrogen-bond donors (Lipinski definition) is 0. The van der Waals surface area contributed by atoms with Crippen LogP contribution in [0.15, 0.2) is 8.80 Å².